The number of hydrogen-bond acceptors (Lipinski definition) is 6. The van der Waals surface area contributed by atoms with Gasteiger partial charge in [0.2, 0.25) is 0 Å². The van der Waals surface area contributed by atoms with Gasteiger partial charge in [-0.25, -0.2) is 18.2 Å². The molecule has 1 aromatic carbocycles. The van der Waals surface area contributed by atoms with E-state index in [0.717, 1.165) is 56.8 Å². The van der Waals surface area contributed by atoms with E-state index in [0.29, 0.717) is 17.3 Å². The first-order valence-corrected chi connectivity index (χ1v) is 12.5. The lowest BCUT2D eigenvalue weighted by atomic mass is 9.96. The second-order valence-corrected chi connectivity index (χ2v) is 9.86. The Balaban J connectivity index is 1.38. The lowest BCUT2D eigenvalue weighted by molar-refractivity contribution is 0.402. The van der Waals surface area contributed by atoms with Crippen molar-refractivity contribution in [1.82, 2.24) is 9.97 Å². The SMILES string of the molecule is C[C@@H]1CC(N)CN(c2ccncc2NCc2ccc(F)c(-c3c(F)cc(N4CCCC4)cc3F)n2)C1. The molecule has 6 nitrogen and oxygen atoms in total. The van der Waals surface area contributed by atoms with Crippen LogP contribution in [0.15, 0.2) is 42.7 Å². The zero-order valence-corrected chi connectivity index (χ0v) is 20.4. The molecule has 4 heterocycles. The van der Waals surface area contributed by atoms with E-state index in [-0.39, 0.29) is 18.3 Å². The van der Waals surface area contributed by atoms with E-state index in [1.807, 2.05) is 11.0 Å². The molecule has 0 radical (unpaired) electrons. The maximum absolute atomic E-state index is 15.0. The van der Waals surface area contributed by atoms with Crippen molar-refractivity contribution in [1.29, 1.82) is 0 Å². The van der Waals surface area contributed by atoms with Crippen LogP contribution in [-0.4, -0.2) is 42.2 Å². The van der Waals surface area contributed by atoms with Crippen molar-refractivity contribution < 1.29 is 13.2 Å². The van der Waals surface area contributed by atoms with Crippen LogP contribution in [-0.2, 0) is 6.54 Å². The highest BCUT2D eigenvalue weighted by molar-refractivity contribution is 5.69. The largest absolute Gasteiger partial charge is 0.376 e. The van der Waals surface area contributed by atoms with Gasteiger partial charge in [-0.3, -0.25) is 4.98 Å². The van der Waals surface area contributed by atoms with Crippen LogP contribution in [0.3, 0.4) is 0 Å². The molecule has 0 spiro atoms. The number of nitrogens with one attached hydrogen (secondary N) is 1. The molecular weight excluding hydrogens is 465 g/mol. The van der Waals surface area contributed by atoms with Crippen molar-refractivity contribution in [3.63, 3.8) is 0 Å². The lowest BCUT2D eigenvalue weighted by Gasteiger charge is -2.37. The van der Waals surface area contributed by atoms with Crippen molar-refractivity contribution in [3.8, 4) is 11.3 Å². The molecule has 190 valence electrons. The molecule has 9 heteroatoms. The molecule has 0 amide bonds. The second kappa shape index (κ2) is 10.3. The van der Waals surface area contributed by atoms with Crippen LogP contribution in [0.1, 0.15) is 31.9 Å². The molecule has 2 aromatic heterocycles. The quantitative estimate of drug-likeness (QED) is 0.504. The summed E-state index contributed by atoms with van der Waals surface area (Å²) in [5.74, 6) is -1.95. The first-order chi connectivity index (χ1) is 17.4. The van der Waals surface area contributed by atoms with Crippen LogP contribution in [0.25, 0.3) is 11.3 Å². The minimum atomic E-state index is -0.821. The third-order valence-corrected chi connectivity index (χ3v) is 6.93. The molecule has 5 rings (SSSR count). The number of nitrogens with zero attached hydrogens (tertiary/aromatic N) is 4. The summed E-state index contributed by atoms with van der Waals surface area (Å²) in [7, 11) is 0. The number of rotatable bonds is 6. The average molecular weight is 497 g/mol. The van der Waals surface area contributed by atoms with E-state index in [1.54, 1.807) is 12.4 Å². The van der Waals surface area contributed by atoms with Crippen molar-refractivity contribution in [3.05, 3.63) is 65.9 Å². The predicted molar refractivity (Wildman–Crippen MR) is 137 cm³/mol. The molecule has 2 saturated heterocycles. The number of aromatic nitrogens is 2. The molecular formula is C27H31F3N6. The molecule has 2 aliphatic heterocycles. The molecule has 3 N–H and O–H groups in total. The smallest absolute Gasteiger partial charge is 0.149 e. The van der Waals surface area contributed by atoms with Gasteiger partial charge in [0.15, 0.2) is 0 Å². The second-order valence-electron chi connectivity index (χ2n) is 9.86. The Bertz CT molecular complexity index is 1200. The van der Waals surface area contributed by atoms with Gasteiger partial charge >= 0.3 is 0 Å². The van der Waals surface area contributed by atoms with E-state index in [1.165, 1.54) is 24.3 Å². The van der Waals surface area contributed by atoms with Crippen LogP contribution >= 0.6 is 0 Å². The van der Waals surface area contributed by atoms with Crippen LogP contribution in [0.5, 0.6) is 0 Å². The van der Waals surface area contributed by atoms with Gasteiger partial charge in [-0.05, 0) is 55.5 Å². The molecule has 2 atom stereocenters. The van der Waals surface area contributed by atoms with Gasteiger partial charge in [0, 0.05) is 44.1 Å². The summed E-state index contributed by atoms with van der Waals surface area (Å²) in [6.45, 7) is 5.55. The molecule has 0 saturated carbocycles. The highest BCUT2D eigenvalue weighted by atomic mass is 19.1. The summed E-state index contributed by atoms with van der Waals surface area (Å²) in [6.07, 6.45) is 6.41. The number of pyridine rings is 2. The van der Waals surface area contributed by atoms with E-state index in [9.17, 15) is 4.39 Å². The topological polar surface area (TPSA) is 70.3 Å². The Morgan fingerprint density at radius 3 is 2.47 bits per heavy atom. The molecule has 36 heavy (non-hydrogen) atoms. The number of nitrogens with two attached hydrogens (primary N) is 1. The predicted octanol–water partition coefficient (Wildman–Crippen LogP) is 4.95. The first kappa shape index (κ1) is 24.4. The number of benzene rings is 1. The molecule has 0 aliphatic carbocycles. The Morgan fingerprint density at radius 2 is 1.75 bits per heavy atom. The Hall–Kier alpha value is -3.33. The van der Waals surface area contributed by atoms with Gasteiger partial charge in [-0.2, -0.15) is 0 Å². The molecule has 2 aliphatic rings. The fourth-order valence-electron chi connectivity index (χ4n) is 5.28. The van der Waals surface area contributed by atoms with Crippen molar-refractivity contribution in [2.24, 2.45) is 11.7 Å². The van der Waals surface area contributed by atoms with Gasteiger partial charge < -0.3 is 20.9 Å². The normalized spacial score (nSPS) is 20.1. The summed E-state index contributed by atoms with van der Waals surface area (Å²) < 4.78 is 44.7. The maximum atomic E-state index is 15.0. The summed E-state index contributed by atoms with van der Waals surface area (Å²) in [5.41, 5.74) is 8.14. The molecule has 1 unspecified atom stereocenters. The number of halogens is 3. The van der Waals surface area contributed by atoms with Gasteiger partial charge in [0.1, 0.15) is 23.1 Å². The minimum Gasteiger partial charge on any atom is -0.376 e. The van der Waals surface area contributed by atoms with Crippen LogP contribution in [0.2, 0.25) is 0 Å². The maximum Gasteiger partial charge on any atom is 0.149 e. The Kier molecular flexibility index (Phi) is 7.00. The lowest BCUT2D eigenvalue weighted by Crippen LogP contribution is -2.46. The summed E-state index contributed by atoms with van der Waals surface area (Å²) in [4.78, 5) is 12.7. The van der Waals surface area contributed by atoms with Gasteiger partial charge in [-0.15, -0.1) is 0 Å². The minimum absolute atomic E-state index is 0.0951. The van der Waals surface area contributed by atoms with Crippen LogP contribution in [0, 0.1) is 23.4 Å². The van der Waals surface area contributed by atoms with E-state index < -0.39 is 23.0 Å². The number of hydrogen-bond donors (Lipinski definition) is 2. The highest BCUT2D eigenvalue weighted by Gasteiger charge is 2.25. The number of anilines is 3. The highest BCUT2D eigenvalue weighted by Crippen LogP contribution is 2.33. The number of piperidine rings is 1. The standard InChI is InChI=1S/C27H31F3N6/c1-17-10-18(31)16-36(15-17)25-6-7-32-14-24(25)33-13-19-4-5-21(28)27(34-19)26-22(29)11-20(12-23(26)30)35-8-2-3-9-35/h4-7,11-12,14,17-18,33H,2-3,8-10,13,15-16,31H2,1H3/t17-,18?/m1/s1. The van der Waals surface area contributed by atoms with Gasteiger partial charge in [0.05, 0.1) is 35.4 Å². The fraction of sp³-hybridized carbons (Fsp3) is 0.407. The van der Waals surface area contributed by atoms with Crippen molar-refractivity contribution in [2.45, 2.75) is 38.8 Å². The summed E-state index contributed by atoms with van der Waals surface area (Å²) >= 11 is 0. The van der Waals surface area contributed by atoms with Crippen LogP contribution < -0.4 is 20.9 Å². The molecule has 2 fully saturated rings. The first-order valence-electron chi connectivity index (χ1n) is 12.5. The summed E-state index contributed by atoms with van der Waals surface area (Å²) in [5, 5.41) is 3.31. The monoisotopic (exact) mass is 496 g/mol. The van der Waals surface area contributed by atoms with Crippen molar-refractivity contribution >= 4 is 17.1 Å². The van der Waals surface area contributed by atoms with E-state index in [2.05, 4.69) is 27.1 Å². The molecule has 0 bridgehead atoms. The van der Waals surface area contributed by atoms with E-state index in [4.69, 9.17) is 5.73 Å². The third kappa shape index (κ3) is 5.11. The third-order valence-electron chi connectivity index (χ3n) is 6.93. The zero-order valence-electron chi connectivity index (χ0n) is 20.4. The van der Waals surface area contributed by atoms with Crippen LogP contribution in [0.4, 0.5) is 30.2 Å². The van der Waals surface area contributed by atoms with Gasteiger partial charge in [0.25, 0.3) is 0 Å². The Morgan fingerprint density at radius 1 is 1.00 bits per heavy atom. The van der Waals surface area contributed by atoms with Crippen molar-refractivity contribution in [2.75, 3.05) is 41.3 Å². The van der Waals surface area contributed by atoms with Gasteiger partial charge in [-0.1, -0.05) is 6.92 Å². The van der Waals surface area contributed by atoms with E-state index >= 15 is 8.78 Å². The zero-order chi connectivity index (χ0) is 25.2. The fourth-order valence-corrected chi connectivity index (χ4v) is 5.28. The summed E-state index contributed by atoms with van der Waals surface area (Å²) in [6, 6.07) is 7.27. The molecule has 3 aromatic rings. The average Bonchev–Trinajstić information content (AvgIpc) is 3.39. The Labute approximate surface area is 209 Å².